The van der Waals surface area contributed by atoms with Gasteiger partial charge in [0.1, 0.15) is 4.70 Å². The number of carbonyl (C=O) groups excluding carboxylic acids is 1. The van der Waals surface area contributed by atoms with Gasteiger partial charge in [0.2, 0.25) is 5.91 Å². The first-order valence-electron chi connectivity index (χ1n) is 9.65. The molecule has 0 N–H and O–H groups in total. The summed E-state index contributed by atoms with van der Waals surface area (Å²) in [5.74, 6) is 0.916. The maximum atomic E-state index is 13.1. The predicted octanol–water partition coefficient (Wildman–Crippen LogP) is 4.51. The van der Waals surface area contributed by atoms with Crippen molar-refractivity contribution in [2.45, 2.75) is 31.5 Å². The Balaban J connectivity index is 1.61. The molecule has 29 heavy (non-hydrogen) atoms. The molecular formula is C21H22ClN3O2S2. The van der Waals surface area contributed by atoms with Crippen LogP contribution in [0.25, 0.3) is 10.2 Å². The number of aromatic nitrogens is 2. The predicted molar refractivity (Wildman–Crippen MR) is 120 cm³/mol. The average molecular weight is 448 g/mol. The van der Waals surface area contributed by atoms with E-state index in [0.717, 1.165) is 25.1 Å². The van der Waals surface area contributed by atoms with Gasteiger partial charge in [-0.3, -0.25) is 14.2 Å². The van der Waals surface area contributed by atoms with E-state index >= 15 is 0 Å². The van der Waals surface area contributed by atoms with Gasteiger partial charge in [-0.05, 0) is 41.8 Å². The zero-order chi connectivity index (χ0) is 20.4. The SMILES string of the molecule is C[C@@H]1CCCN(C(=O)CSc2nc3ccsc3c(=O)n2Cc2ccccc2Cl)C1. The number of piperidine rings is 1. The molecular weight excluding hydrogens is 426 g/mol. The van der Waals surface area contributed by atoms with Crippen molar-refractivity contribution in [2.75, 3.05) is 18.8 Å². The molecule has 1 aliphatic heterocycles. The number of benzene rings is 1. The van der Waals surface area contributed by atoms with Crippen LogP contribution in [-0.2, 0) is 11.3 Å². The van der Waals surface area contributed by atoms with Crippen LogP contribution < -0.4 is 5.56 Å². The van der Waals surface area contributed by atoms with Crippen LogP contribution in [0, 0.1) is 5.92 Å². The maximum absolute atomic E-state index is 13.1. The monoisotopic (exact) mass is 447 g/mol. The van der Waals surface area contributed by atoms with E-state index in [-0.39, 0.29) is 17.2 Å². The Kier molecular flexibility index (Phi) is 6.27. The fourth-order valence-electron chi connectivity index (χ4n) is 3.60. The molecule has 3 aromatic rings. The summed E-state index contributed by atoms with van der Waals surface area (Å²) >= 11 is 9.03. The van der Waals surface area contributed by atoms with E-state index in [1.807, 2.05) is 40.6 Å². The first kappa shape index (κ1) is 20.4. The van der Waals surface area contributed by atoms with Crippen molar-refractivity contribution in [1.82, 2.24) is 14.5 Å². The van der Waals surface area contributed by atoms with Gasteiger partial charge in [0.05, 0.1) is 17.8 Å². The third-order valence-electron chi connectivity index (χ3n) is 5.15. The van der Waals surface area contributed by atoms with E-state index in [2.05, 4.69) is 11.9 Å². The topological polar surface area (TPSA) is 55.2 Å². The van der Waals surface area contributed by atoms with Crippen molar-refractivity contribution in [1.29, 1.82) is 0 Å². The van der Waals surface area contributed by atoms with Crippen LogP contribution in [0.2, 0.25) is 5.02 Å². The van der Waals surface area contributed by atoms with Gasteiger partial charge in [-0.2, -0.15) is 0 Å². The van der Waals surface area contributed by atoms with Crippen LogP contribution in [0.4, 0.5) is 0 Å². The van der Waals surface area contributed by atoms with Crippen molar-refractivity contribution < 1.29 is 4.79 Å². The number of carbonyl (C=O) groups is 1. The fraction of sp³-hybridized carbons (Fsp3) is 0.381. The molecule has 0 bridgehead atoms. The Morgan fingerprint density at radius 2 is 2.17 bits per heavy atom. The molecule has 0 spiro atoms. The lowest BCUT2D eigenvalue weighted by molar-refractivity contribution is -0.130. The van der Waals surface area contributed by atoms with E-state index in [1.165, 1.54) is 29.5 Å². The number of amides is 1. The lowest BCUT2D eigenvalue weighted by atomic mass is 10.0. The number of fused-ring (bicyclic) bond motifs is 1. The highest BCUT2D eigenvalue weighted by Crippen LogP contribution is 2.24. The minimum atomic E-state index is -0.0912. The summed E-state index contributed by atoms with van der Waals surface area (Å²) in [6.45, 7) is 4.13. The van der Waals surface area contributed by atoms with Gasteiger partial charge < -0.3 is 4.90 Å². The molecule has 0 unspecified atom stereocenters. The van der Waals surface area contributed by atoms with Crippen LogP contribution in [-0.4, -0.2) is 39.2 Å². The maximum Gasteiger partial charge on any atom is 0.272 e. The standard InChI is InChI=1S/C21H22ClN3O2S2/c1-14-5-4-9-24(11-14)18(26)13-29-21-23-17-8-10-28-19(17)20(27)25(21)12-15-6-2-3-7-16(15)22/h2-3,6-8,10,14H,4-5,9,11-13H2,1H3/t14-/m1/s1. The van der Waals surface area contributed by atoms with Crippen molar-refractivity contribution in [3.63, 3.8) is 0 Å². The van der Waals surface area contributed by atoms with E-state index in [4.69, 9.17) is 11.6 Å². The Hall–Kier alpha value is -1.83. The first-order valence-corrected chi connectivity index (χ1v) is 11.9. The van der Waals surface area contributed by atoms with Gasteiger partial charge in [0.25, 0.3) is 5.56 Å². The molecule has 1 fully saturated rings. The third-order valence-corrected chi connectivity index (χ3v) is 7.37. The van der Waals surface area contributed by atoms with Crippen LogP contribution in [0.3, 0.4) is 0 Å². The molecule has 3 heterocycles. The third kappa shape index (κ3) is 4.52. The van der Waals surface area contributed by atoms with Gasteiger partial charge in [0.15, 0.2) is 5.16 Å². The quantitative estimate of drug-likeness (QED) is 0.426. The van der Waals surface area contributed by atoms with Gasteiger partial charge >= 0.3 is 0 Å². The molecule has 1 aromatic carbocycles. The summed E-state index contributed by atoms with van der Waals surface area (Å²) < 4.78 is 2.26. The number of thioether (sulfide) groups is 1. The van der Waals surface area contributed by atoms with Gasteiger partial charge in [-0.25, -0.2) is 4.98 Å². The van der Waals surface area contributed by atoms with E-state index < -0.39 is 0 Å². The number of hydrogen-bond acceptors (Lipinski definition) is 5. The molecule has 5 nitrogen and oxygen atoms in total. The lowest BCUT2D eigenvalue weighted by Crippen LogP contribution is -2.40. The Morgan fingerprint density at radius 1 is 1.34 bits per heavy atom. The molecule has 1 atom stereocenters. The van der Waals surface area contributed by atoms with E-state index in [0.29, 0.717) is 32.9 Å². The Morgan fingerprint density at radius 3 is 2.97 bits per heavy atom. The number of halogens is 1. The van der Waals surface area contributed by atoms with Crippen LogP contribution in [0.1, 0.15) is 25.3 Å². The normalized spacial score (nSPS) is 17.0. The molecule has 8 heteroatoms. The summed E-state index contributed by atoms with van der Waals surface area (Å²) in [5, 5.41) is 3.03. The lowest BCUT2D eigenvalue weighted by Gasteiger charge is -2.30. The first-order chi connectivity index (χ1) is 14.0. The summed E-state index contributed by atoms with van der Waals surface area (Å²) in [4.78, 5) is 32.4. The van der Waals surface area contributed by atoms with Crippen molar-refractivity contribution in [2.24, 2.45) is 5.92 Å². The van der Waals surface area contributed by atoms with Crippen molar-refractivity contribution in [3.05, 3.63) is 56.7 Å². The van der Waals surface area contributed by atoms with Gasteiger partial charge in [0, 0.05) is 18.1 Å². The molecule has 0 aliphatic carbocycles. The molecule has 1 amide bonds. The van der Waals surface area contributed by atoms with Gasteiger partial charge in [-0.15, -0.1) is 11.3 Å². The Bertz CT molecular complexity index is 1090. The van der Waals surface area contributed by atoms with Gasteiger partial charge in [-0.1, -0.05) is 48.5 Å². The summed E-state index contributed by atoms with van der Waals surface area (Å²) in [5.41, 5.74) is 1.44. The second-order valence-electron chi connectivity index (χ2n) is 7.39. The summed E-state index contributed by atoms with van der Waals surface area (Å²) in [6, 6.07) is 9.33. The average Bonchev–Trinajstić information content (AvgIpc) is 3.19. The Labute approximate surface area is 182 Å². The number of hydrogen-bond donors (Lipinski definition) is 0. The number of likely N-dealkylation sites (tertiary alicyclic amines) is 1. The largest absolute Gasteiger partial charge is 0.342 e. The van der Waals surface area contributed by atoms with Crippen LogP contribution in [0.5, 0.6) is 0 Å². The molecule has 2 aromatic heterocycles. The number of thiophene rings is 1. The fourth-order valence-corrected chi connectivity index (χ4v) is 5.48. The zero-order valence-electron chi connectivity index (χ0n) is 16.1. The zero-order valence-corrected chi connectivity index (χ0v) is 18.5. The molecule has 0 saturated carbocycles. The molecule has 4 rings (SSSR count). The molecule has 0 radical (unpaired) electrons. The van der Waals surface area contributed by atoms with E-state index in [1.54, 1.807) is 4.57 Å². The second kappa shape index (κ2) is 8.90. The molecule has 152 valence electrons. The van der Waals surface area contributed by atoms with Crippen molar-refractivity contribution in [3.8, 4) is 0 Å². The summed E-state index contributed by atoms with van der Waals surface area (Å²) in [7, 11) is 0. The smallest absolute Gasteiger partial charge is 0.272 e. The highest BCUT2D eigenvalue weighted by Gasteiger charge is 2.22. The number of rotatable bonds is 5. The van der Waals surface area contributed by atoms with Crippen LogP contribution >= 0.6 is 34.7 Å². The second-order valence-corrected chi connectivity index (χ2v) is 9.65. The molecule has 1 aliphatic rings. The highest BCUT2D eigenvalue weighted by molar-refractivity contribution is 7.99. The minimum absolute atomic E-state index is 0.0912. The number of nitrogens with zero attached hydrogens (tertiary/aromatic N) is 3. The molecule has 1 saturated heterocycles. The van der Waals surface area contributed by atoms with Crippen LogP contribution in [0.15, 0.2) is 45.7 Å². The highest BCUT2D eigenvalue weighted by atomic mass is 35.5. The summed E-state index contributed by atoms with van der Waals surface area (Å²) in [6.07, 6.45) is 2.22. The van der Waals surface area contributed by atoms with Crippen molar-refractivity contribution >= 4 is 50.8 Å². The van der Waals surface area contributed by atoms with E-state index in [9.17, 15) is 9.59 Å². The minimum Gasteiger partial charge on any atom is -0.342 e.